The van der Waals surface area contributed by atoms with Crippen LogP contribution in [0.2, 0.25) is 0 Å². The number of fused-ring (bicyclic) bond motifs is 2. The quantitative estimate of drug-likeness (QED) is 0.429. The Morgan fingerprint density at radius 3 is 2.64 bits per heavy atom. The summed E-state index contributed by atoms with van der Waals surface area (Å²) in [5.74, 6) is -0.998. The second kappa shape index (κ2) is 8.63. The third-order valence-corrected chi connectivity index (χ3v) is 8.95. The fourth-order valence-electron chi connectivity index (χ4n) is 5.31. The van der Waals surface area contributed by atoms with E-state index >= 15 is 0 Å². The molecule has 1 unspecified atom stereocenters. The molecule has 1 fully saturated rings. The number of sulfonamides is 1. The van der Waals surface area contributed by atoms with E-state index in [-0.39, 0.29) is 17.6 Å². The fraction of sp³-hybridized carbons (Fsp3) is 0.308. The second-order valence-corrected chi connectivity index (χ2v) is 11.4. The first-order valence-electron chi connectivity index (χ1n) is 12.0. The lowest BCUT2D eigenvalue weighted by Gasteiger charge is -2.32. The molecule has 2 aromatic carbocycles. The molecule has 1 saturated heterocycles. The number of nitrogens with zero attached hydrogens (tertiary/aromatic N) is 4. The van der Waals surface area contributed by atoms with Gasteiger partial charge in [-0.1, -0.05) is 0 Å². The van der Waals surface area contributed by atoms with Gasteiger partial charge in [-0.25, -0.2) is 27.2 Å². The molecule has 6 rings (SSSR count). The van der Waals surface area contributed by atoms with Gasteiger partial charge in [0, 0.05) is 43.1 Å². The van der Waals surface area contributed by atoms with Crippen molar-refractivity contribution in [3.63, 3.8) is 0 Å². The molecular weight excluding hydrogens is 484 g/mol. The molecule has 4 heterocycles. The summed E-state index contributed by atoms with van der Waals surface area (Å²) in [6.07, 6.45) is 3.47. The van der Waals surface area contributed by atoms with Crippen LogP contribution >= 0.6 is 0 Å². The van der Waals surface area contributed by atoms with Crippen LogP contribution in [0.15, 0.2) is 59.6 Å². The molecule has 1 N–H and O–H groups in total. The van der Waals surface area contributed by atoms with Gasteiger partial charge < -0.3 is 9.88 Å². The van der Waals surface area contributed by atoms with Crippen LogP contribution in [-0.2, 0) is 16.4 Å². The Morgan fingerprint density at radius 2 is 1.86 bits per heavy atom. The summed E-state index contributed by atoms with van der Waals surface area (Å²) < 4.78 is 58.5. The highest BCUT2D eigenvalue weighted by Crippen LogP contribution is 2.36. The number of hydrogen-bond acceptors (Lipinski definition) is 5. The summed E-state index contributed by atoms with van der Waals surface area (Å²) in [5.41, 5.74) is 3.39. The third-order valence-electron chi connectivity index (χ3n) is 7.05. The van der Waals surface area contributed by atoms with Crippen LogP contribution in [0.25, 0.3) is 22.6 Å². The van der Waals surface area contributed by atoms with Crippen molar-refractivity contribution in [3.8, 4) is 11.4 Å². The van der Waals surface area contributed by atoms with Gasteiger partial charge in [-0.3, -0.25) is 0 Å². The van der Waals surface area contributed by atoms with E-state index in [1.807, 2.05) is 10.6 Å². The lowest BCUT2D eigenvalue weighted by atomic mass is 10.1. The van der Waals surface area contributed by atoms with Crippen molar-refractivity contribution in [2.24, 2.45) is 0 Å². The van der Waals surface area contributed by atoms with Crippen molar-refractivity contribution >= 4 is 26.9 Å². The third kappa shape index (κ3) is 3.84. The number of nitrogens with one attached hydrogen (secondary N) is 1. The number of pyridine rings is 1. The zero-order valence-corrected chi connectivity index (χ0v) is 20.5. The smallest absolute Gasteiger partial charge is 0.243 e. The zero-order valence-electron chi connectivity index (χ0n) is 19.7. The van der Waals surface area contributed by atoms with Crippen molar-refractivity contribution in [2.45, 2.75) is 43.2 Å². The van der Waals surface area contributed by atoms with Crippen molar-refractivity contribution in [2.75, 3.05) is 18.4 Å². The maximum atomic E-state index is 14.7. The van der Waals surface area contributed by atoms with Gasteiger partial charge in [-0.2, -0.15) is 4.31 Å². The first-order valence-corrected chi connectivity index (χ1v) is 13.4. The Bertz CT molecular complexity index is 1580. The van der Waals surface area contributed by atoms with Crippen molar-refractivity contribution in [3.05, 3.63) is 71.9 Å². The molecule has 186 valence electrons. The van der Waals surface area contributed by atoms with E-state index in [1.165, 1.54) is 16.4 Å². The maximum absolute atomic E-state index is 14.7. The van der Waals surface area contributed by atoms with Gasteiger partial charge in [0.15, 0.2) is 5.65 Å². The molecule has 10 heteroatoms. The number of anilines is 1. The van der Waals surface area contributed by atoms with Gasteiger partial charge in [0.1, 0.15) is 23.0 Å². The van der Waals surface area contributed by atoms with E-state index in [1.54, 1.807) is 30.5 Å². The van der Waals surface area contributed by atoms with E-state index in [4.69, 9.17) is 0 Å². The Kier molecular flexibility index (Phi) is 5.53. The molecular formula is C26H25F2N5O2S. The monoisotopic (exact) mass is 509 g/mol. The lowest BCUT2D eigenvalue weighted by Crippen LogP contribution is -2.39. The minimum absolute atomic E-state index is 0.138. The molecule has 0 saturated carbocycles. The van der Waals surface area contributed by atoms with Gasteiger partial charge in [0.25, 0.3) is 0 Å². The van der Waals surface area contributed by atoms with Crippen molar-refractivity contribution in [1.82, 2.24) is 18.8 Å². The van der Waals surface area contributed by atoms with Crippen LogP contribution in [0, 0.1) is 11.6 Å². The van der Waals surface area contributed by atoms with Gasteiger partial charge in [-0.15, -0.1) is 0 Å². The predicted octanol–water partition coefficient (Wildman–Crippen LogP) is 4.76. The van der Waals surface area contributed by atoms with Crippen LogP contribution in [-0.4, -0.2) is 46.4 Å². The fourth-order valence-corrected chi connectivity index (χ4v) is 6.83. The molecule has 0 radical (unpaired) electrons. The van der Waals surface area contributed by atoms with E-state index < -0.39 is 21.7 Å². The first kappa shape index (κ1) is 23.1. The minimum atomic E-state index is -3.65. The summed E-state index contributed by atoms with van der Waals surface area (Å²) in [7, 11) is -3.65. The van der Waals surface area contributed by atoms with E-state index in [0.717, 1.165) is 23.7 Å². The largest absolute Gasteiger partial charge is 0.382 e. The Labute approximate surface area is 207 Å². The first-order chi connectivity index (χ1) is 17.3. The number of halogens is 2. The van der Waals surface area contributed by atoms with Crippen LogP contribution < -0.4 is 5.32 Å². The molecule has 2 aliphatic rings. The average Bonchev–Trinajstić information content (AvgIpc) is 3.43. The van der Waals surface area contributed by atoms with Crippen LogP contribution in [0.3, 0.4) is 0 Å². The molecule has 4 aromatic rings. The summed E-state index contributed by atoms with van der Waals surface area (Å²) in [5, 5.41) is 3.35. The Balaban J connectivity index is 1.30. The molecule has 2 aromatic heterocycles. The predicted molar refractivity (Wildman–Crippen MR) is 133 cm³/mol. The number of rotatable bonds is 4. The van der Waals surface area contributed by atoms with Crippen molar-refractivity contribution in [1.29, 1.82) is 0 Å². The highest BCUT2D eigenvalue weighted by Gasteiger charge is 2.33. The molecule has 36 heavy (non-hydrogen) atoms. The summed E-state index contributed by atoms with van der Waals surface area (Å²) in [4.78, 5) is 9.38. The Hall–Kier alpha value is -3.37. The van der Waals surface area contributed by atoms with Crippen LogP contribution in [0.5, 0.6) is 0 Å². The molecule has 0 aliphatic carbocycles. The van der Waals surface area contributed by atoms with Gasteiger partial charge in [0.2, 0.25) is 10.0 Å². The number of piperidine rings is 1. The standard InChI is InChI=1S/C26H25F2N5O2S/c1-16-13-17-14-20(5-7-23(17)30-16)36(34,35)32-11-8-19(9-12-32)33-25(21-6-4-18(27)15-22(21)28)31-24-3-2-10-29-26(24)33/h2-7,10,14-16,19,30H,8-9,11-13H2,1H3. The topological polar surface area (TPSA) is 80.1 Å². The second-order valence-electron chi connectivity index (χ2n) is 9.48. The summed E-state index contributed by atoms with van der Waals surface area (Å²) in [6.45, 7) is 2.70. The zero-order chi connectivity index (χ0) is 25.0. The molecule has 0 amide bonds. The van der Waals surface area contributed by atoms with Crippen LogP contribution in [0.1, 0.15) is 31.4 Å². The molecule has 0 spiro atoms. The summed E-state index contributed by atoms with van der Waals surface area (Å²) >= 11 is 0. The van der Waals surface area contributed by atoms with Gasteiger partial charge >= 0.3 is 0 Å². The SMILES string of the molecule is CC1Cc2cc(S(=O)(=O)N3CCC(n4c(-c5ccc(F)cc5F)nc5cccnc54)CC3)ccc2N1. The van der Waals surface area contributed by atoms with E-state index in [2.05, 4.69) is 22.2 Å². The molecule has 2 aliphatic heterocycles. The number of hydrogen-bond donors (Lipinski definition) is 1. The molecule has 1 atom stereocenters. The average molecular weight is 510 g/mol. The normalized spacial score (nSPS) is 18.9. The number of imidazole rings is 1. The maximum Gasteiger partial charge on any atom is 0.243 e. The highest BCUT2D eigenvalue weighted by molar-refractivity contribution is 7.89. The van der Waals surface area contributed by atoms with E-state index in [0.29, 0.717) is 47.8 Å². The highest BCUT2D eigenvalue weighted by atomic mass is 32.2. The van der Waals surface area contributed by atoms with Gasteiger partial charge in [0.05, 0.1) is 10.5 Å². The lowest BCUT2D eigenvalue weighted by molar-refractivity contribution is 0.278. The van der Waals surface area contributed by atoms with E-state index in [9.17, 15) is 17.2 Å². The molecule has 7 nitrogen and oxygen atoms in total. The molecule has 0 bridgehead atoms. The van der Waals surface area contributed by atoms with Crippen LogP contribution in [0.4, 0.5) is 14.5 Å². The number of aromatic nitrogens is 3. The minimum Gasteiger partial charge on any atom is -0.382 e. The van der Waals surface area contributed by atoms with Crippen molar-refractivity contribution < 1.29 is 17.2 Å². The van der Waals surface area contributed by atoms with Gasteiger partial charge in [-0.05, 0) is 74.2 Å². The summed E-state index contributed by atoms with van der Waals surface area (Å²) in [6, 6.07) is 12.4. The Morgan fingerprint density at radius 1 is 1.06 bits per heavy atom. The number of benzene rings is 2.